The molecule has 3 aromatic heterocycles. The van der Waals surface area contributed by atoms with Crippen LogP contribution in [0, 0.1) is 19.8 Å². The van der Waals surface area contributed by atoms with Crippen molar-refractivity contribution >= 4 is 5.91 Å². The Morgan fingerprint density at radius 1 is 1.29 bits per heavy atom. The quantitative estimate of drug-likeness (QED) is 0.688. The zero-order chi connectivity index (χ0) is 19.5. The van der Waals surface area contributed by atoms with Crippen LogP contribution in [0.3, 0.4) is 0 Å². The molecule has 0 aliphatic carbocycles. The predicted octanol–water partition coefficient (Wildman–Crippen LogP) is 2.63. The van der Waals surface area contributed by atoms with Crippen LogP contribution in [0.5, 0.6) is 0 Å². The van der Waals surface area contributed by atoms with Gasteiger partial charge in [0, 0.05) is 18.8 Å². The second-order valence-electron chi connectivity index (χ2n) is 7.19. The zero-order valence-electron chi connectivity index (χ0n) is 16.0. The van der Waals surface area contributed by atoms with E-state index in [1.807, 2.05) is 24.8 Å². The minimum absolute atomic E-state index is 0.0127. The van der Waals surface area contributed by atoms with Crippen LogP contribution in [0.4, 0.5) is 0 Å². The summed E-state index contributed by atoms with van der Waals surface area (Å²) in [5.74, 6) is 1.13. The van der Waals surface area contributed by atoms with Crippen molar-refractivity contribution in [2.75, 3.05) is 13.1 Å². The summed E-state index contributed by atoms with van der Waals surface area (Å²) in [6, 6.07) is 3.71. The van der Waals surface area contributed by atoms with Gasteiger partial charge in [-0.15, -0.1) is 0 Å². The molecular weight excluding hydrogens is 356 g/mol. The van der Waals surface area contributed by atoms with E-state index in [9.17, 15) is 4.79 Å². The number of rotatable bonds is 4. The molecule has 0 aromatic carbocycles. The monoisotopic (exact) mass is 378 g/mol. The molecule has 0 saturated carbocycles. The normalized spacial score (nSPS) is 16.9. The number of hydrogen-bond acceptors (Lipinski definition) is 7. The van der Waals surface area contributed by atoms with E-state index in [4.69, 9.17) is 4.52 Å². The van der Waals surface area contributed by atoms with Gasteiger partial charge in [-0.1, -0.05) is 5.16 Å². The highest BCUT2D eigenvalue weighted by Crippen LogP contribution is 2.27. The second kappa shape index (κ2) is 7.84. The van der Waals surface area contributed by atoms with Crippen molar-refractivity contribution in [2.45, 2.75) is 33.1 Å². The fraction of sp³-hybridized carbons (Fsp3) is 0.400. The van der Waals surface area contributed by atoms with Gasteiger partial charge in [-0.05, 0) is 51.2 Å². The highest BCUT2D eigenvalue weighted by atomic mass is 16.5. The first-order chi connectivity index (χ1) is 13.6. The fourth-order valence-corrected chi connectivity index (χ4v) is 3.81. The molecule has 8 heteroatoms. The molecule has 8 nitrogen and oxygen atoms in total. The van der Waals surface area contributed by atoms with Crippen molar-refractivity contribution < 1.29 is 9.32 Å². The number of nitrogens with zero attached hydrogens (tertiary/aromatic N) is 6. The third-order valence-electron chi connectivity index (χ3n) is 5.15. The smallest absolute Gasteiger partial charge is 0.255 e. The van der Waals surface area contributed by atoms with E-state index in [0.29, 0.717) is 18.0 Å². The van der Waals surface area contributed by atoms with Gasteiger partial charge in [0.2, 0.25) is 0 Å². The summed E-state index contributed by atoms with van der Waals surface area (Å²) in [7, 11) is 0. The van der Waals surface area contributed by atoms with E-state index in [1.165, 1.54) is 6.20 Å². The Morgan fingerprint density at radius 2 is 2.18 bits per heavy atom. The van der Waals surface area contributed by atoms with Gasteiger partial charge in [0.1, 0.15) is 12.1 Å². The van der Waals surface area contributed by atoms with Crippen LogP contribution in [0.1, 0.15) is 40.3 Å². The minimum Gasteiger partial charge on any atom is -0.361 e. The largest absolute Gasteiger partial charge is 0.361 e. The number of hydrogen-bond donors (Lipinski definition) is 0. The number of piperidine rings is 1. The van der Waals surface area contributed by atoms with Gasteiger partial charge in [-0.2, -0.15) is 10.2 Å². The second-order valence-corrected chi connectivity index (χ2v) is 7.19. The number of aryl methyl sites for hydroxylation is 2. The van der Waals surface area contributed by atoms with Gasteiger partial charge in [0.15, 0.2) is 0 Å². The minimum atomic E-state index is 0.0127. The Labute approximate surface area is 163 Å². The van der Waals surface area contributed by atoms with Crippen LogP contribution < -0.4 is 0 Å². The van der Waals surface area contributed by atoms with Crippen LogP contribution in [0.15, 0.2) is 35.4 Å². The SMILES string of the molecule is Cc1noc(C)c1-c1cc(CC2CCCN(C(=O)c3ccnnc3)C2)ncn1. The number of carbonyl (C=O) groups is 1. The number of amides is 1. The Bertz CT molecular complexity index is 952. The van der Waals surface area contributed by atoms with Gasteiger partial charge in [-0.3, -0.25) is 4.79 Å². The van der Waals surface area contributed by atoms with Crippen LogP contribution in [-0.2, 0) is 6.42 Å². The molecule has 1 amide bonds. The number of likely N-dealkylation sites (tertiary alicyclic amines) is 1. The highest BCUT2D eigenvalue weighted by Gasteiger charge is 2.25. The lowest BCUT2D eigenvalue weighted by atomic mass is 9.92. The highest BCUT2D eigenvalue weighted by molar-refractivity contribution is 5.93. The summed E-state index contributed by atoms with van der Waals surface area (Å²) in [5.41, 5.74) is 4.12. The number of aromatic nitrogens is 5. The van der Waals surface area contributed by atoms with Crippen molar-refractivity contribution in [3.05, 3.63) is 53.6 Å². The van der Waals surface area contributed by atoms with Crippen LogP contribution in [0.2, 0.25) is 0 Å². The molecule has 0 bridgehead atoms. The van der Waals surface area contributed by atoms with Crippen LogP contribution in [0.25, 0.3) is 11.3 Å². The Hall–Kier alpha value is -3.16. The van der Waals surface area contributed by atoms with Gasteiger partial charge >= 0.3 is 0 Å². The maximum atomic E-state index is 12.7. The first-order valence-corrected chi connectivity index (χ1v) is 9.42. The van der Waals surface area contributed by atoms with Crippen molar-refractivity contribution in [2.24, 2.45) is 5.92 Å². The molecule has 0 spiro atoms. The van der Waals surface area contributed by atoms with Crippen molar-refractivity contribution in [3.63, 3.8) is 0 Å². The van der Waals surface area contributed by atoms with Crippen molar-refractivity contribution in [3.8, 4) is 11.3 Å². The molecule has 1 aliphatic rings. The molecule has 3 aromatic rings. The molecule has 144 valence electrons. The van der Waals surface area contributed by atoms with E-state index in [-0.39, 0.29) is 5.91 Å². The molecule has 28 heavy (non-hydrogen) atoms. The molecule has 1 atom stereocenters. The van der Waals surface area contributed by atoms with E-state index in [2.05, 4.69) is 25.3 Å². The lowest BCUT2D eigenvalue weighted by Crippen LogP contribution is -2.40. The van der Waals surface area contributed by atoms with Gasteiger partial charge in [0.25, 0.3) is 5.91 Å². The summed E-state index contributed by atoms with van der Waals surface area (Å²) in [6.45, 7) is 5.28. The standard InChI is InChI=1S/C20H22N6O2/c1-13-19(14(2)28-25-13)18-9-17(21-12-22-18)8-15-4-3-7-26(11-15)20(27)16-5-6-23-24-10-16/h5-6,9-10,12,15H,3-4,7-8,11H2,1-2H3. The average Bonchev–Trinajstić information content (AvgIpc) is 3.06. The first-order valence-electron chi connectivity index (χ1n) is 9.42. The average molecular weight is 378 g/mol. The van der Waals surface area contributed by atoms with Gasteiger partial charge in [-0.25, -0.2) is 9.97 Å². The van der Waals surface area contributed by atoms with Gasteiger partial charge < -0.3 is 9.42 Å². The lowest BCUT2D eigenvalue weighted by molar-refractivity contribution is 0.0672. The molecular formula is C20H22N6O2. The lowest BCUT2D eigenvalue weighted by Gasteiger charge is -2.32. The topological polar surface area (TPSA) is 97.9 Å². The summed E-state index contributed by atoms with van der Waals surface area (Å²) in [5, 5.41) is 11.6. The van der Waals surface area contributed by atoms with E-state index >= 15 is 0 Å². The zero-order valence-corrected chi connectivity index (χ0v) is 16.0. The third-order valence-corrected chi connectivity index (χ3v) is 5.15. The summed E-state index contributed by atoms with van der Waals surface area (Å²) < 4.78 is 5.26. The molecule has 4 heterocycles. The van der Waals surface area contributed by atoms with E-state index in [0.717, 1.165) is 54.2 Å². The fourth-order valence-electron chi connectivity index (χ4n) is 3.81. The molecule has 1 fully saturated rings. The Kier molecular flexibility index (Phi) is 5.10. The summed E-state index contributed by atoms with van der Waals surface area (Å²) >= 11 is 0. The predicted molar refractivity (Wildman–Crippen MR) is 101 cm³/mol. The molecule has 1 aliphatic heterocycles. The van der Waals surface area contributed by atoms with Crippen LogP contribution in [-0.4, -0.2) is 49.2 Å². The van der Waals surface area contributed by atoms with Crippen molar-refractivity contribution in [1.29, 1.82) is 0 Å². The number of carbonyl (C=O) groups excluding carboxylic acids is 1. The molecule has 0 N–H and O–H groups in total. The molecule has 4 rings (SSSR count). The molecule has 1 unspecified atom stereocenters. The first kappa shape index (κ1) is 18.2. The third kappa shape index (κ3) is 3.76. The Balaban J connectivity index is 1.47. The molecule has 0 radical (unpaired) electrons. The molecule has 1 saturated heterocycles. The van der Waals surface area contributed by atoms with Crippen LogP contribution >= 0.6 is 0 Å². The maximum absolute atomic E-state index is 12.7. The van der Waals surface area contributed by atoms with Gasteiger partial charge in [0.05, 0.1) is 34.9 Å². The van der Waals surface area contributed by atoms with E-state index < -0.39 is 0 Å². The van der Waals surface area contributed by atoms with Crippen molar-refractivity contribution in [1.82, 2.24) is 30.2 Å². The van der Waals surface area contributed by atoms with E-state index in [1.54, 1.807) is 18.6 Å². The maximum Gasteiger partial charge on any atom is 0.255 e. The summed E-state index contributed by atoms with van der Waals surface area (Å²) in [6.07, 6.45) is 7.51. The summed E-state index contributed by atoms with van der Waals surface area (Å²) in [4.78, 5) is 23.4. The Morgan fingerprint density at radius 3 is 2.93 bits per heavy atom.